The molecular weight excluding hydrogens is 437 g/mol. The zero-order chi connectivity index (χ0) is 23.1. The van der Waals surface area contributed by atoms with E-state index >= 15 is 0 Å². The summed E-state index contributed by atoms with van der Waals surface area (Å²) in [6.07, 6.45) is -3.08. The number of nitrogens with one attached hydrogen (secondary N) is 2. The molecule has 2 aromatic heterocycles. The zero-order valence-electron chi connectivity index (χ0n) is 14.9. The quantitative estimate of drug-likeness (QED) is 0.287. The Balaban J connectivity index is 0.000000179. The number of benzene rings is 2. The average molecular weight is 446 g/mol. The van der Waals surface area contributed by atoms with Crippen LogP contribution >= 0.6 is 0 Å². The molecule has 2 aromatic carbocycles. The molecule has 4 aromatic rings. The predicted octanol–water partition coefficient (Wildman–Crippen LogP) is 5.34. The molecule has 3 N–H and O–H groups in total. The second-order valence-electron chi connectivity index (χ2n) is 6.16. The summed E-state index contributed by atoms with van der Waals surface area (Å²) in [5.74, 6) is -7.86. The lowest BCUT2D eigenvalue weighted by Gasteiger charge is -2.03. The summed E-state index contributed by atoms with van der Waals surface area (Å²) in [5, 5.41) is 8.56. The number of H-pyrrole nitrogens is 2. The van der Waals surface area contributed by atoms with E-state index in [2.05, 4.69) is 9.97 Å². The molecule has 5 nitrogen and oxygen atoms in total. The van der Waals surface area contributed by atoms with Crippen LogP contribution in [0, 0.1) is 23.3 Å². The summed E-state index contributed by atoms with van der Waals surface area (Å²) in [5.41, 5.74) is -0.608. The minimum atomic E-state index is -5.06. The normalized spacial score (nSPS) is 11.5. The number of Topliss-reactive ketones (excluding diaryl/α,β-unsaturated/α-hetero) is 1. The highest BCUT2D eigenvalue weighted by atomic mass is 19.4. The summed E-state index contributed by atoms with van der Waals surface area (Å²) in [6, 6.07) is 3.04. The lowest BCUT2D eigenvalue weighted by atomic mass is 10.1. The van der Waals surface area contributed by atoms with Gasteiger partial charge in [-0.1, -0.05) is 0 Å². The minimum Gasteiger partial charge on any atom is -0.478 e. The Kier molecular flexibility index (Phi) is 5.49. The number of hydrogen-bond acceptors (Lipinski definition) is 2. The van der Waals surface area contributed by atoms with Crippen LogP contribution in [0.2, 0.25) is 0 Å². The molecule has 0 aliphatic heterocycles. The van der Waals surface area contributed by atoms with E-state index in [0.29, 0.717) is 12.1 Å². The molecule has 4 rings (SSSR count). The second kappa shape index (κ2) is 7.78. The van der Waals surface area contributed by atoms with Gasteiger partial charge in [0.05, 0.1) is 11.1 Å². The lowest BCUT2D eigenvalue weighted by molar-refractivity contribution is -0.0884. The Hall–Kier alpha value is -3.83. The monoisotopic (exact) mass is 446 g/mol. The molecule has 2 heterocycles. The van der Waals surface area contributed by atoms with Crippen molar-refractivity contribution in [3.05, 3.63) is 71.1 Å². The van der Waals surface area contributed by atoms with Gasteiger partial charge in [-0.2, -0.15) is 13.2 Å². The molecule has 0 unspecified atom stereocenters. The first-order valence-electron chi connectivity index (χ1n) is 8.17. The molecule has 31 heavy (non-hydrogen) atoms. The van der Waals surface area contributed by atoms with Gasteiger partial charge in [0.1, 0.15) is 0 Å². The third-order valence-corrected chi connectivity index (χ3v) is 4.18. The van der Waals surface area contributed by atoms with Crippen molar-refractivity contribution < 1.29 is 45.4 Å². The molecule has 0 saturated heterocycles. The average Bonchev–Trinajstić information content (AvgIpc) is 3.25. The van der Waals surface area contributed by atoms with E-state index in [1.807, 2.05) is 0 Å². The maximum atomic E-state index is 12.9. The van der Waals surface area contributed by atoms with E-state index in [0.717, 1.165) is 18.3 Å². The highest BCUT2D eigenvalue weighted by molar-refractivity contribution is 6.10. The van der Waals surface area contributed by atoms with Crippen LogP contribution < -0.4 is 0 Å². The highest BCUT2D eigenvalue weighted by Crippen LogP contribution is 2.28. The molecule has 162 valence electrons. The number of aromatic carboxylic acids is 1. The number of halogens is 7. The van der Waals surface area contributed by atoms with E-state index in [-0.39, 0.29) is 27.4 Å². The van der Waals surface area contributed by atoms with Gasteiger partial charge in [0.25, 0.3) is 5.78 Å². The van der Waals surface area contributed by atoms with Crippen molar-refractivity contribution in [2.75, 3.05) is 0 Å². The minimum absolute atomic E-state index is 0.0705. The van der Waals surface area contributed by atoms with Gasteiger partial charge in [-0.25, -0.2) is 22.4 Å². The zero-order valence-corrected chi connectivity index (χ0v) is 14.9. The van der Waals surface area contributed by atoms with Gasteiger partial charge in [0.15, 0.2) is 23.3 Å². The number of aromatic amines is 2. The fourth-order valence-corrected chi connectivity index (χ4v) is 2.75. The Morgan fingerprint density at radius 1 is 0.710 bits per heavy atom. The van der Waals surface area contributed by atoms with E-state index in [1.165, 1.54) is 6.20 Å². The molecule has 12 heteroatoms. The van der Waals surface area contributed by atoms with Gasteiger partial charge >= 0.3 is 12.1 Å². The van der Waals surface area contributed by atoms with Crippen molar-refractivity contribution in [2.45, 2.75) is 6.18 Å². The molecule has 0 aliphatic rings. The van der Waals surface area contributed by atoms with Crippen LogP contribution in [-0.4, -0.2) is 33.0 Å². The SMILES string of the molecule is O=C(O)c1c[nH]c2cc(F)c(F)cc12.O=C(c1c[nH]c2cc(F)c(F)cc12)C(F)(F)F. The fourth-order valence-electron chi connectivity index (χ4n) is 2.75. The topological polar surface area (TPSA) is 85.9 Å². The van der Waals surface area contributed by atoms with E-state index in [1.54, 1.807) is 0 Å². The lowest BCUT2D eigenvalue weighted by Crippen LogP contribution is -2.22. The third kappa shape index (κ3) is 4.22. The number of alkyl halides is 3. The van der Waals surface area contributed by atoms with Gasteiger partial charge in [0, 0.05) is 46.3 Å². The summed E-state index contributed by atoms with van der Waals surface area (Å²) >= 11 is 0. The number of rotatable bonds is 2. The van der Waals surface area contributed by atoms with Crippen LogP contribution in [0.5, 0.6) is 0 Å². The van der Waals surface area contributed by atoms with Crippen molar-refractivity contribution in [3.63, 3.8) is 0 Å². The number of ketones is 1. The first-order chi connectivity index (χ1) is 14.4. The number of hydrogen-bond donors (Lipinski definition) is 3. The molecule has 0 atom stereocenters. The molecular formula is C19H9F7N2O3. The van der Waals surface area contributed by atoms with E-state index in [9.17, 15) is 40.3 Å². The summed E-state index contributed by atoms with van der Waals surface area (Å²) < 4.78 is 87.7. The molecule has 0 fully saturated rings. The van der Waals surface area contributed by atoms with Gasteiger partial charge in [0.2, 0.25) is 0 Å². The Morgan fingerprint density at radius 2 is 1.10 bits per heavy atom. The summed E-state index contributed by atoms with van der Waals surface area (Å²) in [7, 11) is 0. The van der Waals surface area contributed by atoms with Crippen LogP contribution in [0.3, 0.4) is 0 Å². The number of carboxylic acid groups (broad SMARTS) is 1. The van der Waals surface area contributed by atoms with Gasteiger partial charge in [-0.05, 0) is 12.1 Å². The smallest absolute Gasteiger partial charge is 0.454 e. The standard InChI is InChI=1S/C10H4F5NO.C9H5F2NO2/c11-6-1-4-5(9(17)10(13,14)15)3-16-8(4)2-7(6)12;10-6-1-4-5(9(13)14)3-12-8(4)2-7(6)11/h1-3,16H;1-3,12H,(H,13,14). The first-order valence-corrected chi connectivity index (χ1v) is 8.17. The number of carboxylic acids is 1. The van der Waals surface area contributed by atoms with Gasteiger partial charge in [-0.3, -0.25) is 4.79 Å². The maximum Gasteiger partial charge on any atom is 0.454 e. The van der Waals surface area contributed by atoms with Gasteiger partial charge < -0.3 is 15.1 Å². The Labute approximate surface area is 167 Å². The van der Waals surface area contributed by atoms with Gasteiger partial charge in [-0.15, -0.1) is 0 Å². The molecule has 0 spiro atoms. The fraction of sp³-hybridized carbons (Fsp3) is 0.0526. The van der Waals surface area contributed by atoms with Crippen LogP contribution in [0.4, 0.5) is 30.7 Å². The van der Waals surface area contributed by atoms with Crippen molar-refractivity contribution in [3.8, 4) is 0 Å². The molecule has 0 aliphatic carbocycles. The van der Waals surface area contributed by atoms with Crippen molar-refractivity contribution in [1.82, 2.24) is 9.97 Å². The highest BCUT2D eigenvalue weighted by Gasteiger charge is 2.40. The largest absolute Gasteiger partial charge is 0.478 e. The van der Waals surface area contributed by atoms with Crippen LogP contribution in [0.25, 0.3) is 21.8 Å². The number of aromatic nitrogens is 2. The summed E-state index contributed by atoms with van der Waals surface area (Å²) in [4.78, 5) is 26.4. The number of carbonyl (C=O) groups excluding carboxylic acids is 1. The van der Waals surface area contributed by atoms with Crippen LogP contribution in [-0.2, 0) is 0 Å². The first kappa shape index (κ1) is 21.9. The molecule has 0 amide bonds. The predicted molar refractivity (Wildman–Crippen MR) is 93.8 cm³/mol. The Bertz CT molecular complexity index is 1320. The molecule has 0 saturated carbocycles. The van der Waals surface area contributed by atoms with Crippen molar-refractivity contribution in [2.24, 2.45) is 0 Å². The van der Waals surface area contributed by atoms with E-state index < -0.39 is 46.8 Å². The van der Waals surface area contributed by atoms with E-state index in [4.69, 9.17) is 5.11 Å². The molecule has 0 radical (unpaired) electrons. The number of carbonyl (C=O) groups is 2. The van der Waals surface area contributed by atoms with Crippen molar-refractivity contribution >= 4 is 33.6 Å². The summed E-state index contributed by atoms with van der Waals surface area (Å²) in [6.45, 7) is 0. The van der Waals surface area contributed by atoms with Crippen molar-refractivity contribution in [1.29, 1.82) is 0 Å². The Morgan fingerprint density at radius 3 is 1.52 bits per heavy atom. The third-order valence-electron chi connectivity index (χ3n) is 4.18. The molecule has 0 bridgehead atoms. The number of fused-ring (bicyclic) bond motifs is 2. The van der Waals surface area contributed by atoms with Crippen LogP contribution in [0.1, 0.15) is 20.7 Å². The second-order valence-corrected chi connectivity index (χ2v) is 6.16. The maximum absolute atomic E-state index is 12.9. The van der Waals surface area contributed by atoms with Crippen LogP contribution in [0.15, 0.2) is 36.7 Å².